The first-order valence-corrected chi connectivity index (χ1v) is 4.50. The normalized spacial score (nSPS) is 44.2. The predicted octanol–water partition coefficient (Wildman–Crippen LogP) is 2.52. The first-order valence-electron chi connectivity index (χ1n) is 4.50. The first kappa shape index (κ1) is 9.05. The Morgan fingerprint density at radius 3 is 1.82 bits per heavy atom. The molecule has 1 fully saturated rings. The van der Waals surface area contributed by atoms with Crippen LogP contribution in [0, 0.1) is 5.41 Å². The first-order chi connectivity index (χ1) is 4.77. The van der Waals surface area contributed by atoms with Crippen molar-refractivity contribution >= 4 is 0 Å². The highest BCUT2D eigenvalue weighted by molar-refractivity contribution is 5.11. The van der Waals surface area contributed by atoms with Crippen LogP contribution in [0.5, 0.6) is 0 Å². The largest absolute Gasteiger partial charge is 0.295 e. The molecule has 11 heavy (non-hydrogen) atoms. The zero-order valence-corrected chi connectivity index (χ0v) is 8.73. The minimum absolute atomic E-state index is 0.466. The Kier molecular flexibility index (Phi) is 1.83. The Morgan fingerprint density at radius 2 is 1.73 bits per heavy atom. The van der Waals surface area contributed by atoms with Crippen LogP contribution >= 0.6 is 0 Å². The molecule has 0 saturated carbocycles. The Labute approximate surface area is 70.8 Å². The predicted molar refractivity (Wildman–Crippen MR) is 49.7 cm³/mol. The Morgan fingerprint density at radius 1 is 1.36 bits per heavy atom. The van der Waals surface area contributed by atoms with Crippen molar-refractivity contribution < 1.29 is 0 Å². The molecule has 1 aliphatic heterocycles. The van der Waals surface area contributed by atoms with E-state index in [1.54, 1.807) is 0 Å². The number of nitrogens with zero attached hydrogens (tertiary/aromatic N) is 1. The molecule has 66 valence electrons. The van der Waals surface area contributed by atoms with E-state index in [1.807, 2.05) is 0 Å². The van der Waals surface area contributed by atoms with Gasteiger partial charge in [0.05, 0.1) is 0 Å². The number of hydrogen-bond donors (Lipinski definition) is 0. The second-order valence-corrected chi connectivity index (χ2v) is 5.38. The summed E-state index contributed by atoms with van der Waals surface area (Å²) in [4.78, 5) is 2.46. The number of rotatable bonds is 1. The molecular weight excluding hydrogens is 134 g/mol. The lowest BCUT2D eigenvalue weighted by molar-refractivity contribution is 0.298. The van der Waals surface area contributed by atoms with E-state index in [2.05, 4.69) is 46.6 Å². The van der Waals surface area contributed by atoms with Gasteiger partial charge in [-0.25, -0.2) is 0 Å². The van der Waals surface area contributed by atoms with Crippen LogP contribution in [-0.2, 0) is 0 Å². The van der Waals surface area contributed by atoms with Crippen molar-refractivity contribution in [2.45, 2.75) is 52.6 Å². The van der Waals surface area contributed by atoms with Crippen LogP contribution < -0.4 is 0 Å². The van der Waals surface area contributed by atoms with Gasteiger partial charge in [-0.05, 0) is 32.7 Å². The molecule has 0 spiro atoms. The van der Waals surface area contributed by atoms with Gasteiger partial charge in [-0.15, -0.1) is 0 Å². The zero-order chi connectivity index (χ0) is 8.86. The molecule has 3 unspecified atom stereocenters. The number of hydrogen-bond acceptors (Lipinski definition) is 1. The lowest BCUT2D eigenvalue weighted by atomic mass is 9.84. The quantitative estimate of drug-likeness (QED) is 0.526. The molecule has 0 aromatic carbocycles. The zero-order valence-electron chi connectivity index (χ0n) is 8.73. The summed E-state index contributed by atoms with van der Waals surface area (Å²) in [5.41, 5.74) is 0.950. The molecular formula is C10H21N. The summed E-state index contributed by atoms with van der Waals surface area (Å²) in [5.74, 6) is 0. The molecule has 0 aliphatic carbocycles. The minimum atomic E-state index is 0.466. The summed E-state index contributed by atoms with van der Waals surface area (Å²) in [6.07, 6.45) is 1.30. The molecule has 1 rings (SSSR count). The molecule has 0 aromatic rings. The smallest absolute Gasteiger partial charge is 0.0339 e. The summed E-state index contributed by atoms with van der Waals surface area (Å²) in [7, 11) is 2.22. The van der Waals surface area contributed by atoms with E-state index in [9.17, 15) is 0 Å². The molecule has 1 saturated heterocycles. The van der Waals surface area contributed by atoms with Gasteiger partial charge in [0.1, 0.15) is 0 Å². The van der Waals surface area contributed by atoms with Gasteiger partial charge in [0.15, 0.2) is 0 Å². The van der Waals surface area contributed by atoms with Crippen LogP contribution in [0.2, 0.25) is 0 Å². The molecule has 1 heterocycles. The summed E-state index contributed by atoms with van der Waals surface area (Å²) in [5, 5.41) is 0. The van der Waals surface area contributed by atoms with Crippen molar-refractivity contribution in [2.75, 3.05) is 7.05 Å². The van der Waals surface area contributed by atoms with Crippen molar-refractivity contribution in [2.24, 2.45) is 5.41 Å². The van der Waals surface area contributed by atoms with Gasteiger partial charge in [-0.2, -0.15) is 0 Å². The third-order valence-electron chi connectivity index (χ3n) is 3.11. The van der Waals surface area contributed by atoms with E-state index in [1.165, 1.54) is 6.42 Å². The van der Waals surface area contributed by atoms with Crippen molar-refractivity contribution in [3.8, 4) is 0 Å². The van der Waals surface area contributed by atoms with Gasteiger partial charge in [-0.1, -0.05) is 20.8 Å². The average molecular weight is 155 g/mol. The third-order valence-corrected chi connectivity index (χ3v) is 3.11. The van der Waals surface area contributed by atoms with E-state index < -0.39 is 0 Å². The molecule has 3 atom stereocenters. The molecule has 0 N–H and O–H groups in total. The highest BCUT2D eigenvalue weighted by Crippen LogP contribution is 2.46. The van der Waals surface area contributed by atoms with Gasteiger partial charge in [0.25, 0.3) is 0 Å². The lowest BCUT2D eigenvalue weighted by Gasteiger charge is -2.23. The van der Waals surface area contributed by atoms with Crippen LogP contribution in [0.1, 0.15) is 41.0 Å². The Bertz CT molecular complexity index is 147. The van der Waals surface area contributed by atoms with Gasteiger partial charge in [-0.3, -0.25) is 4.90 Å². The maximum Gasteiger partial charge on any atom is 0.0339 e. The van der Waals surface area contributed by atoms with Crippen LogP contribution in [-0.4, -0.2) is 23.5 Å². The monoisotopic (exact) mass is 155 g/mol. The summed E-state index contributed by atoms with van der Waals surface area (Å²) in [6.45, 7) is 11.6. The second kappa shape index (κ2) is 2.22. The molecule has 1 heteroatoms. The Hall–Kier alpha value is -0.0400. The molecule has 1 aliphatic rings. The maximum absolute atomic E-state index is 2.46. The molecule has 1 nitrogen and oxygen atoms in total. The molecule has 0 radical (unpaired) electrons. The maximum atomic E-state index is 2.46. The van der Waals surface area contributed by atoms with Crippen LogP contribution in [0.3, 0.4) is 0 Å². The van der Waals surface area contributed by atoms with E-state index in [0.717, 1.165) is 6.04 Å². The third kappa shape index (κ3) is 1.58. The SMILES string of the molecule is CC1N(C)C1(C)CC(C)(C)C. The van der Waals surface area contributed by atoms with Crippen LogP contribution in [0.25, 0.3) is 0 Å². The van der Waals surface area contributed by atoms with Gasteiger partial charge < -0.3 is 0 Å². The molecule has 0 amide bonds. The fourth-order valence-corrected chi connectivity index (χ4v) is 2.16. The highest BCUT2D eigenvalue weighted by atomic mass is 15.4. The molecule has 0 bridgehead atoms. The highest BCUT2D eigenvalue weighted by Gasteiger charge is 2.54. The van der Waals surface area contributed by atoms with E-state index >= 15 is 0 Å². The lowest BCUT2D eigenvalue weighted by Crippen LogP contribution is -2.21. The van der Waals surface area contributed by atoms with Gasteiger partial charge in [0.2, 0.25) is 0 Å². The second-order valence-electron chi connectivity index (χ2n) is 5.38. The summed E-state index contributed by atoms with van der Waals surface area (Å²) < 4.78 is 0. The van der Waals surface area contributed by atoms with E-state index in [0.29, 0.717) is 11.0 Å². The van der Waals surface area contributed by atoms with Crippen molar-refractivity contribution in [3.63, 3.8) is 0 Å². The Balaban J connectivity index is 2.52. The average Bonchev–Trinajstić information content (AvgIpc) is 2.15. The number of likely N-dealkylation sites (N-methyl/N-ethyl adjacent to an activating group) is 1. The summed E-state index contributed by atoms with van der Waals surface area (Å²) in [6, 6.07) is 0.779. The summed E-state index contributed by atoms with van der Waals surface area (Å²) >= 11 is 0. The standard InChI is InChI=1S/C10H21N/c1-8-10(5,11(8)6)7-9(2,3)4/h8H,7H2,1-6H3. The van der Waals surface area contributed by atoms with Crippen molar-refractivity contribution in [3.05, 3.63) is 0 Å². The van der Waals surface area contributed by atoms with E-state index in [4.69, 9.17) is 0 Å². The topological polar surface area (TPSA) is 3.01 Å². The van der Waals surface area contributed by atoms with Crippen molar-refractivity contribution in [1.29, 1.82) is 0 Å². The fourth-order valence-electron chi connectivity index (χ4n) is 2.16. The minimum Gasteiger partial charge on any atom is -0.295 e. The fraction of sp³-hybridized carbons (Fsp3) is 1.00. The van der Waals surface area contributed by atoms with Gasteiger partial charge >= 0.3 is 0 Å². The van der Waals surface area contributed by atoms with E-state index in [-0.39, 0.29) is 0 Å². The van der Waals surface area contributed by atoms with Gasteiger partial charge in [0, 0.05) is 11.6 Å². The van der Waals surface area contributed by atoms with Crippen LogP contribution in [0.4, 0.5) is 0 Å². The molecule has 0 aromatic heterocycles. The van der Waals surface area contributed by atoms with Crippen molar-refractivity contribution in [1.82, 2.24) is 4.90 Å². The van der Waals surface area contributed by atoms with Crippen LogP contribution in [0.15, 0.2) is 0 Å².